The predicted octanol–water partition coefficient (Wildman–Crippen LogP) is 2.53. The van der Waals surface area contributed by atoms with E-state index >= 15 is 0 Å². The van der Waals surface area contributed by atoms with Gasteiger partial charge in [0.15, 0.2) is 5.96 Å². The van der Waals surface area contributed by atoms with Crippen LogP contribution in [0, 0.1) is 13.8 Å². The number of para-hydroxylation sites is 1. The van der Waals surface area contributed by atoms with Crippen LogP contribution in [0.1, 0.15) is 23.4 Å². The van der Waals surface area contributed by atoms with Gasteiger partial charge in [-0.25, -0.2) is 0 Å². The van der Waals surface area contributed by atoms with E-state index in [2.05, 4.69) is 62.2 Å². The molecule has 0 amide bonds. The van der Waals surface area contributed by atoms with E-state index in [9.17, 15) is 0 Å². The molecule has 1 aromatic heterocycles. The van der Waals surface area contributed by atoms with Gasteiger partial charge in [0.1, 0.15) is 0 Å². The second kappa shape index (κ2) is 6.86. The summed E-state index contributed by atoms with van der Waals surface area (Å²) in [6, 6.07) is 10.7. The van der Waals surface area contributed by atoms with Crippen LogP contribution in [0.2, 0.25) is 0 Å². The van der Waals surface area contributed by atoms with Gasteiger partial charge < -0.3 is 10.2 Å². The molecule has 0 radical (unpaired) electrons. The molecule has 1 aliphatic rings. The summed E-state index contributed by atoms with van der Waals surface area (Å²) in [4.78, 5) is 6.72. The van der Waals surface area contributed by atoms with Gasteiger partial charge in [0, 0.05) is 38.1 Å². The molecule has 0 saturated heterocycles. The summed E-state index contributed by atoms with van der Waals surface area (Å²) in [5, 5.41) is 7.99. The van der Waals surface area contributed by atoms with Crippen LogP contribution in [-0.4, -0.2) is 35.9 Å². The van der Waals surface area contributed by atoms with Crippen LogP contribution in [-0.2, 0) is 13.0 Å². The average molecular weight is 311 g/mol. The van der Waals surface area contributed by atoms with Gasteiger partial charge in [-0.05, 0) is 44.4 Å². The number of benzene rings is 1. The van der Waals surface area contributed by atoms with Crippen molar-refractivity contribution in [1.82, 2.24) is 15.1 Å². The lowest BCUT2D eigenvalue weighted by Crippen LogP contribution is -2.41. The van der Waals surface area contributed by atoms with Crippen molar-refractivity contribution in [2.75, 3.05) is 25.0 Å². The highest BCUT2D eigenvalue weighted by Gasteiger charge is 2.21. The Labute approximate surface area is 138 Å². The van der Waals surface area contributed by atoms with Gasteiger partial charge in [0.05, 0.1) is 5.69 Å². The van der Waals surface area contributed by atoms with E-state index in [1.165, 1.54) is 16.9 Å². The smallest absolute Gasteiger partial charge is 0.198 e. The zero-order valence-electron chi connectivity index (χ0n) is 14.2. The Morgan fingerprint density at radius 3 is 2.87 bits per heavy atom. The molecule has 5 nitrogen and oxygen atoms in total. The summed E-state index contributed by atoms with van der Waals surface area (Å²) in [6.45, 7) is 6.96. The number of nitrogens with zero attached hydrogens (tertiary/aromatic N) is 4. The number of aliphatic imine (C=N–C) groups is 1. The minimum Gasteiger partial charge on any atom is -0.356 e. The lowest BCUT2D eigenvalue weighted by molar-refractivity contribution is 0.556. The van der Waals surface area contributed by atoms with E-state index in [4.69, 9.17) is 0 Å². The standard InChI is InChI=1S/C18H25N5/c1-14-13-15(2)23(21-14)11-6-10-20-18(19-3)22-12-9-16-7-4-5-8-17(16)22/h4-5,7-8,13H,6,9-12H2,1-3H3,(H,19,20). The number of hydrogen-bond acceptors (Lipinski definition) is 2. The van der Waals surface area contributed by atoms with Crippen LogP contribution >= 0.6 is 0 Å². The summed E-state index contributed by atoms with van der Waals surface area (Å²) in [5.74, 6) is 0.961. The molecule has 0 atom stereocenters. The molecular formula is C18H25N5. The average Bonchev–Trinajstić information content (AvgIpc) is 3.11. The summed E-state index contributed by atoms with van der Waals surface area (Å²) < 4.78 is 2.07. The Kier molecular flexibility index (Phi) is 4.65. The largest absolute Gasteiger partial charge is 0.356 e. The maximum atomic E-state index is 4.50. The molecular weight excluding hydrogens is 286 g/mol. The normalized spacial score (nSPS) is 14.2. The number of rotatable bonds is 4. The van der Waals surface area contributed by atoms with Gasteiger partial charge >= 0.3 is 0 Å². The quantitative estimate of drug-likeness (QED) is 0.536. The molecule has 2 heterocycles. The zero-order valence-corrected chi connectivity index (χ0v) is 14.2. The molecule has 3 rings (SSSR count). The molecule has 0 fully saturated rings. The highest BCUT2D eigenvalue weighted by Crippen LogP contribution is 2.27. The van der Waals surface area contributed by atoms with Gasteiger partial charge in [0.2, 0.25) is 0 Å². The molecule has 1 N–H and O–H groups in total. The topological polar surface area (TPSA) is 45.5 Å². The van der Waals surface area contributed by atoms with Gasteiger partial charge in [-0.15, -0.1) is 0 Å². The van der Waals surface area contributed by atoms with Gasteiger partial charge in [-0.1, -0.05) is 18.2 Å². The van der Waals surface area contributed by atoms with Gasteiger partial charge in [0.25, 0.3) is 0 Å². The van der Waals surface area contributed by atoms with Crippen molar-refractivity contribution in [3.05, 3.63) is 47.3 Å². The molecule has 2 aromatic rings. The lowest BCUT2D eigenvalue weighted by Gasteiger charge is -2.22. The molecule has 0 saturated carbocycles. The van der Waals surface area contributed by atoms with Crippen molar-refractivity contribution in [1.29, 1.82) is 0 Å². The number of hydrogen-bond donors (Lipinski definition) is 1. The number of nitrogens with one attached hydrogen (secondary N) is 1. The first-order chi connectivity index (χ1) is 11.2. The fourth-order valence-corrected chi connectivity index (χ4v) is 3.18. The third-order valence-corrected chi connectivity index (χ3v) is 4.29. The summed E-state index contributed by atoms with van der Waals surface area (Å²) in [7, 11) is 1.85. The first-order valence-electron chi connectivity index (χ1n) is 8.26. The summed E-state index contributed by atoms with van der Waals surface area (Å²) in [5.41, 5.74) is 4.98. The molecule has 122 valence electrons. The molecule has 0 spiro atoms. The van der Waals surface area contributed by atoms with E-state index in [0.29, 0.717) is 0 Å². The Balaban J connectivity index is 1.54. The maximum absolute atomic E-state index is 4.50. The van der Waals surface area contributed by atoms with Crippen molar-refractivity contribution in [3.63, 3.8) is 0 Å². The monoisotopic (exact) mass is 311 g/mol. The number of aryl methyl sites for hydroxylation is 3. The van der Waals surface area contributed by atoms with Crippen molar-refractivity contribution in [2.24, 2.45) is 4.99 Å². The van der Waals surface area contributed by atoms with Gasteiger partial charge in [-0.3, -0.25) is 9.67 Å². The molecule has 1 aromatic carbocycles. The van der Waals surface area contributed by atoms with Crippen LogP contribution in [0.3, 0.4) is 0 Å². The van der Waals surface area contributed by atoms with E-state index in [1.807, 2.05) is 14.0 Å². The Bertz CT molecular complexity index is 701. The fourth-order valence-electron chi connectivity index (χ4n) is 3.18. The Morgan fingerprint density at radius 2 is 2.13 bits per heavy atom. The van der Waals surface area contributed by atoms with Crippen molar-refractivity contribution in [2.45, 2.75) is 33.2 Å². The molecule has 0 unspecified atom stereocenters. The number of anilines is 1. The Morgan fingerprint density at radius 1 is 1.30 bits per heavy atom. The van der Waals surface area contributed by atoms with E-state index in [-0.39, 0.29) is 0 Å². The number of guanidine groups is 1. The van der Waals surface area contributed by atoms with Crippen molar-refractivity contribution < 1.29 is 0 Å². The summed E-state index contributed by atoms with van der Waals surface area (Å²) in [6.07, 6.45) is 2.11. The van der Waals surface area contributed by atoms with E-state index in [1.54, 1.807) is 0 Å². The molecule has 1 aliphatic heterocycles. The van der Waals surface area contributed by atoms with Crippen molar-refractivity contribution >= 4 is 11.6 Å². The van der Waals surface area contributed by atoms with E-state index < -0.39 is 0 Å². The van der Waals surface area contributed by atoms with Crippen LogP contribution in [0.4, 0.5) is 5.69 Å². The zero-order chi connectivity index (χ0) is 16.2. The van der Waals surface area contributed by atoms with Crippen LogP contribution in [0.25, 0.3) is 0 Å². The van der Waals surface area contributed by atoms with Crippen molar-refractivity contribution in [3.8, 4) is 0 Å². The second-order valence-electron chi connectivity index (χ2n) is 6.01. The fraction of sp³-hybridized carbons (Fsp3) is 0.444. The summed E-state index contributed by atoms with van der Waals surface area (Å²) >= 11 is 0. The molecule has 23 heavy (non-hydrogen) atoms. The number of aromatic nitrogens is 2. The minimum absolute atomic E-state index is 0.893. The van der Waals surface area contributed by atoms with Gasteiger partial charge in [-0.2, -0.15) is 5.10 Å². The molecule has 5 heteroatoms. The lowest BCUT2D eigenvalue weighted by atomic mass is 10.2. The minimum atomic E-state index is 0.893. The SMILES string of the molecule is CN=C(NCCCn1nc(C)cc1C)N1CCc2ccccc21. The predicted molar refractivity (Wildman–Crippen MR) is 95.2 cm³/mol. The second-order valence-corrected chi connectivity index (χ2v) is 6.01. The maximum Gasteiger partial charge on any atom is 0.198 e. The van der Waals surface area contributed by atoms with Crippen LogP contribution in [0.5, 0.6) is 0 Å². The number of fused-ring (bicyclic) bond motifs is 1. The highest BCUT2D eigenvalue weighted by atomic mass is 15.3. The van der Waals surface area contributed by atoms with Crippen LogP contribution < -0.4 is 10.2 Å². The van der Waals surface area contributed by atoms with E-state index in [0.717, 1.165) is 44.1 Å². The first kappa shape index (κ1) is 15.6. The van der Waals surface area contributed by atoms with Crippen LogP contribution in [0.15, 0.2) is 35.3 Å². The third kappa shape index (κ3) is 3.38. The Hall–Kier alpha value is -2.30. The first-order valence-corrected chi connectivity index (χ1v) is 8.26. The highest BCUT2D eigenvalue weighted by molar-refractivity contribution is 5.97. The third-order valence-electron chi connectivity index (χ3n) is 4.29. The molecule has 0 aliphatic carbocycles. The molecule has 0 bridgehead atoms.